The largest absolute Gasteiger partial charge is 0.374 e. The fraction of sp³-hybridized carbons (Fsp3) is 0.538. The second-order valence-corrected chi connectivity index (χ2v) is 3.84. The van der Waals surface area contributed by atoms with Crippen LogP contribution in [0.2, 0.25) is 0 Å². The molecule has 0 heterocycles. The average molecular weight is 207 g/mol. The topological polar surface area (TPSA) is 35.2 Å². The highest BCUT2D eigenvalue weighted by Crippen LogP contribution is 2.12. The molecule has 0 spiro atoms. The van der Waals surface area contributed by atoms with Crippen LogP contribution in [-0.4, -0.2) is 12.6 Å². The summed E-state index contributed by atoms with van der Waals surface area (Å²) in [6.45, 7) is 5.63. The number of nitrogens with two attached hydrogens (primary N) is 1. The van der Waals surface area contributed by atoms with Gasteiger partial charge in [0.1, 0.15) is 0 Å². The Labute approximate surface area is 92.4 Å². The maximum Gasteiger partial charge on any atom is 0.0723 e. The van der Waals surface area contributed by atoms with Gasteiger partial charge in [0.05, 0.1) is 12.7 Å². The Morgan fingerprint density at radius 3 is 2.53 bits per heavy atom. The van der Waals surface area contributed by atoms with Gasteiger partial charge in [-0.1, -0.05) is 31.2 Å². The first-order chi connectivity index (χ1) is 7.27. The third-order valence-corrected chi connectivity index (χ3v) is 2.63. The SMILES string of the molecule is CCC(C)OCc1ccccc1CCN. The van der Waals surface area contributed by atoms with Crippen LogP contribution in [-0.2, 0) is 17.8 Å². The molecule has 1 aromatic rings. The molecule has 2 N–H and O–H groups in total. The molecule has 0 radical (unpaired) electrons. The first-order valence-electron chi connectivity index (χ1n) is 5.66. The minimum Gasteiger partial charge on any atom is -0.374 e. The minimum absolute atomic E-state index is 0.330. The zero-order valence-electron chi connectivity index (χ0n) is 9.70. The lowest BCUT2D eigenvalue weighted by molar-refractivity contribution is 0.0505. The van der Waals surface area contributed by atoms with E-state index in [4.69, 9.17) is 10.5 Å². The number of hydrogen-bond donors (Lipinski definition) is 1. The molecule has 15 heavy (non-hydrogen) atoms. The Morgan fingerprint density at radius 1 is 1.27 bits per heavy atom. The highest BCUT2D eigenvalue weighted by molar-refractivity contribution is 5.26. The minimum atomic E-state index is 0.330. The van der Waals surface area contributed by atoms with Gasteiger partial charge in [-0.2, -0.15) is 0 Å². The maximum absolute atomic E-state index is 5.72. The van der Waals surface area contributed by atoms with E-state index in [0.717, 1.165) is 12.8 Å². The Bertz CT molecular complexity index is 286. The van der Waals surface area contributed by atoms with E-state index in [1.807, 2.05) is 0 Å². The highest BCUT2D eigenvalue weighted by Gasteiger charge is 2.03. The smallest absolute Gasteiger partial charge is 0.0723 e. The third kappa shape index (κ3) is 4.02. The lowest BCUT2D eigenvalue weighted by Gasteiger charge is -2.13. The molecular formula is C13H21NO. The lowest BCUT2D eigenvalue weighted by Crippen LogP contribution is -2.09. The van der Waals surface area contributed by atoms with E-state index in [1.54, 1.807) is 0 Å². The molecule has 1 rings (SSSR count). The molecule has 0 aliphatic rings. The second-order valence-electron chi connectivity index (χ2n) is 3.84. The van der Waals surface area contributed by atoms with Gasteiger partial charge in [0.2, 0.25) is 0 Å². The fourth-order valence-corrected chi connectivity index (χ4v) is 1.45. The van der Waals surface area contributed by atoms with E-state index in [-0.39, 0.29) is 0 Å². The van der Waals surface area contributed by atoms with Crippen LogP contribution in [0, 0.1) is 0 Å². The fourth-order valence-electron chi connectivity index (χ4n) is 1.45. The van der Waals surface area contributed by atoms with Crippen molar-refractivity contribution in [2.24, 2.45) is 5.73 Å². The highest BCUT2D eigenvalue weighted by atomic mass is 16.5. The molecule has 1 aromatic carbocycles. The molecule has 0 amide bonds. The summed E-state index contributed by atoms with van der Waals surface area (Å²) in [5.41, 5.74) is 8.15. The van der Waals surface area contributed by atoms with Gasteiger partial charge < -0.3 is 10.5 Å². The second kappa shape index (κ2) is 6.59. The Hall–Kier alpha value is -0.860. The summed E-state index contributed by atoms with van der Waals surface area (Å²) in [5, 5.41) is 0. The van der Waals surface area contributed by atoms with Crippen LogP contribution in [0.4, 0.5) is 0 Å². The molecule has 1 unspecified atom stereocenters. The van der Waals surface area contributed by atoms with E-state index in [1.165, 1.54) is 11.1 Å². The standard InChI is InChI=1S/C13H21NO/c1-3-11(2)15-10-13-7-5-4-6-12(13)8-9-14/h4-7,11H,3,8-10,14H2,1-2H3. The normalized spacial score (nSPS) is 12.7. The Kier molecular flexibility index (Phi) is 5.37. The van der Waals surface area contributed by atoms with Crippen LogP contribution in [0.15, 0.2) is 24.3 Å². The number of benzene rings is 1. The van der Waals surface area contributed by atoms with Crippen molar-refractivity contribution in [2.75, 3.05) is 6.54 Å². The summed E-state index contributed by atoms with van der Waals surface area (Å²) in [5.74, 6) is 0. The number of ether oxygens (including phenoxy) is 1. The molecular weight excluding hydrogens is 186 g/mol. The van der Waals surface area contributed by atoms with Crippen molar-refractivity contribution in [3.63, 3.8) is 0 Å². The van der Waals surface area contributed by atoms with Gasteiger partial charge in [0.15, 0.2) is 0 Å². The van der Waals surface area contributed by atoms with Gasteiger partial charge in [-0.25, -0.2) is 0 Å². The van der Waals surface area contributed by atoms with Crippen LogP contribution in [0.3, 0.4) is 0 Å². The molecule has 2 heteroatoms. The average Bonchev–Trinajstić information content (AvgIpc) is 2.28. The lowest BCUT2D eigenvalue weighted by atomic mass is 10.1. The summed E-state index contributed by atoms with van der Waals surface area (Å²) in [6.07, 6.45) is 2.31. The van der Waals surface area contributed by atoms with Gasteiger partial charge in [-0.05, 0) is 37.4 Å². The zero-order chi connectivity index (χ0) is 11.1. The molecule has 0 fully saturated rings. The van der Waals surface area contributed by atoms with Gasteiger partial charge >= 0.3 is 0 Å². The monoisotopic (exact) mass is 207 g/mol. The summed E-state index contributed by atoms with van der Waals surface area (Å²) >= 11 is 0. The first-order valence-corrected chi connectivity index (χ1v) is 5.66. The van der Waals surface area contributed by atoms with Crippen molar-refractivity contribution in [3.8, 4) is 0 Å². The molecule has 0 aliphatic heterocycles. The number of hydrogen-bond acceptors (Lipinski definition) is 2. The van der Waals surface area contributed by atoms with E-state index in [0.29, 0.717) is 19.3 Å². The van der Waals surface area contributed by atoms with Crippen LogP contribution in [0.5, 0.6) is 0 Å². The molecule has 84 valence electrons. The molecule has 1 atom stereocenters. The predicted molar refractivity (Wildman–Crippen MR) is 63.7 cm³/mol. The van der Waals surface area contributed by atoms with Crippen molar-refractivity contribution < 1.29 is 4.74 Å². The van der Waals surface area contributed by atoms with Crippen molar-refractivity contribution >= 4 is 0 Å². The molecule has 0 saturated carbocycles. The van der Waals surface area contributed by atoms with Crippen LogP contribution >= 0.6 is 0 Å². The quantitative estimate of drug-likeness (QED) is 0.778. The van der Waals surface area contributed by atoms with Crippen LogP contribution in [0.25, 0.3) is 0 Å². The predicted octanol–water partition coefficient (Wildman–Crippen LogP) is 2.50. The molecule has 2 nitrogen and oxygen atoms in total. The Morgan fingerprint density at radius 2 is 1.93 bits per heavy atom. The van der Waals surface area contributed by atoms with Crippen molar-refractivity contribution in [3.05, 3.63) is 35.4 Å². The summed E-state index contributed by atoms with van der Waals surface area (Å²) in [6, 6.07) is 8.35. The van der Waals surface area contributed by atoms with Crippen LogP contribution < -0.4 is 5.73 Å². The van der Waals surface area contributed by atoms with E-state index in [2.05, 4.69) is 38.1 Å². The van der Waals surface area contributed by atoms with E-state index in [9.17, 15) is 0 Å². The van der Waals surface area contributed by atoms with Gasteiger partial charge in [0, 0.05) is 0 Å². The molecule has 0 aliphatic carbocycles. The van der Waals surface area contributed by atoms with Gasteiger partial charge in [0.25, 0.3) is 0 Å². The van der Waals surface area contributed by atoms with Crippen molar-refractivity contribution in [1.29, 1.82) is 0 Å². The first kappa shape index (κ1) is 12.2. The summed E-state index contributed by atoms with van der Waals surface area (Å²) < 4.78 is 5.72. The van der Waals surface area contributed by atoms with Crippen molar-refractivity contribution in [1.82, 2.24) is 0 Å². The third-order valence-electron chi connectivity index (χ3n) is 2.63. The van der Waals surface area contributed by atoms with Gasteiger partial charge in [-0.15, -0.1) is 0 Å². The number of rotatable bonds is 6. The zero-order valence-corrected chi connectivity index (χ0v) is 9.70. The molecule has 0 saturated heterocycles. The summed E-state index contributed by atoms with van der Waals surface area (Å²) in [7, 11) is 0. The van der Waals surface area contributed by atoms with Gasteiger partial charge in [-0.3, -0.25) is 0 Å². The Balaban J connectivity index is 2.58. The van der Waals surface area contributed by atoms with E-state index >= 15 is 0 Å². The van der Waals surface area contributed by atoms with E-state index < -0.39 is 0 Å². The van der Waals surface area contributed by atoms with Crippen molar-refractivity contribution in [2.45, 2.75) is 39.4 Å². The molecule has 0 aromatic heterocycles. The molecule has 0 bridgehead atoms. The summed E-state index contributed by atoms with van der Waals surface area (Å²) in [4.78, 5) is 0. The maximum atomic E-state index is 5.72. The van der Waals surface area contributed by atoms with Crippen LogP contribution in [0.1, 0.15) is 31.4 Å².